The van der Waals surface area contributed by atoms with Gasteiger partial charge < -0.3 is 10.2 Å². The van der Waals surface area contributed by atoms with Crippen molar-refractivity contribution < 1.29 is 0 Å². The lowest BCUT2D eigenvalue weighted by molar-refractivity contribution is 0.134. The van der Waals surface area contributed by atoms with E-state index in [4.69, 9.17) is 0 Å². The summed E-state index contributed by atoms with van der Waals surface area (Å²) in [4.78, 5) is 2.73. The second-order valence-electron chi connectivity index (χ2n) is 6.15. The van der Waals surface area contributed by atoms with Crippen molar-refractivity contribution in [2.24, 2.45) is 0 Å². The Bertz CT molecular complexity index is 457. The van der Waals surface area contributed by atoms with E-state index in [0.29, 0.717) is 0 Å². The van der Waals surface area contributed by atoms with Crippen LogP contribution < -0.4 is 10.2 Å². The average molecular weight is 307 g/mol. The van der Waals surface area contributed by atoms with Crippen LogP contribution in [0.25, 0.3) is 0 Å². The number of halogens is 1. The van der Waals surface area contributed by atoms with E-state index < -0.39 is 0 Å². The number of hydrogen-bond acceptors (Lipinski definition) is 2. The SMILES string of the molecule is Cc1cc(Br)ccc1N1C2CC3CC1CC(C2)N3. The van der Waals surface area contributed by atoms with E-state index in [-0.39, 0.29) is 0 Å². The summed E-state index contributed by atoms with van der Waals surface area (Å²) in [5, 5.41) is 3.78. The molecule has 0 unspecified atom stereocenters. The minimum Gasteiger partial charge on any atom is -0.365 e. The highest BCUT2D eigenvalue weighted by Crippen LogP contribution is 2.42. The van der Waals surface area contributed by atoms with Gasteiger partial charge in [-0.1, -0.05) is 15.9 Å². The van der Waals surface area contributed by atoms with Crippen LogP contribution in [0.1, 0.15) is 31.2 Å². The Balaban J connectivity index is 1.72. The van der Waals surface area contributed by atoms with Crippen LogP contribution in [0.2, 0.25) is 0 Å². The Kier molecular flexibility index (Phi) is 2.50. The molecule has 0 aromatic heterocycles. The van der Waals surface area contributed by atoms with Crippen LogP contribution in [0.3, 0.4) is 0 Å². The number of nitrogens with one attached hydrogen (secondary N) is 1. The van der Waals surface area contributed by atoms with Gasteiger partial charge in [-0.2, -0.15) is 0 Å². The quantitative estimate of drug-likeness (QED) is 0.857. The molecule has 4 bridgehead atoms. The van der Waals surface area contributed by atoms with Gasteiger partial charge in [-0.15, -0.1) is 0 Å². The molecule has 0 spiro atoms. The van der Waals surface area contributed by atoms with Crippen LogP contribution in [0.4, 0.5) is 5.69 Å². The Labute approximate surface area is 117 Å². The molecule has 0 amide bonds. The standard InChI is InChI=1S/C15H19BrN2/c1-9-4-10(16)2-3-15(9)18-13-5-11-6-14(18)8-12(7-13)17-11/h2-4,11-14,17H,5-8H2,1H3. The number of anilines is 1. The van der Waals surface area contributed by atoms with Gasteiger partial charge >= 0.3 is 0 Å². The summed E-state index contributed by atoms with van der Waals surface area (Å²) in [6, 6.07) is 9.86. The Morgan fingerprint density at radius 3 is 2.28 bits per heavy atom. The number of rotatable bonds is 1. The molecule has 2 nitrogen and oxygen atoms in total. The molecule has 1 N–H and O–H groups in total. The minimum atomic E-state index is 0.772. The molecule has 3 heteroatoms. The van der Waals surface area contributed by atoms with Crippen LogP contribution in [0.5, 0.6) is 0 Å². The number of benzene rings is 1. The highest BCUT2D eigenvalue weighted by Gasteiger charge is 2.46. The third-order valence-electron chi connectivity index (χ3n) is 4.92. The first kappa shape index (κ1) is 11.3. The van der Waals surface area contributed by atoms with Gasteiger partial charge in [0.1, 0.15) is 0 Å². The summed E-state index contributed by atoms with van der Waals surface area (Å²) < 4.78 is 1.19. The first-order valence-corrected chi connectivity index (χ1v) is 7.80. The fourth-order valence-corrected chi connectivity index (χ4v) is 4.83. The van der Waals surface area contributed by atoms with Crippen molar-refractivity contribution in [1.82, 2.24) is 5.32 Å². The van der Waals surface area contributed by atoms with Crippen LogP contribution in [-0.4, -0.2) is 24.2 Å². The molecular weight excluding hydrogens is 288 g/mol. The molecule has 4 aliphatic rings. The first-order chi connectivity index (χ1) is 8.70. The summed E-state index contributed by atoms with van der Waals surface area (Å²) in [6.07, 6.45) is 5.34. The lowest BCUT2D eigenvalue weighted by Crippen LogP contribution is -2.67. The van der Waals surface area contributed by atoms with Crippen LogP contribution >= 0.6 is 15.9 Å². The summed E-state index contributed by atoms with van der Waals surface area (Å²) in [6.45, 7) is 2.24. The molecule has 4 aliphatic heterocycles. The van der Waals surface area contributed by atoms with Crippen LogP contribution in [-0.2, 0) is 0 Å². The fourth-order valence-electron chi connectivity index (χ4n) is 4.36. The molecule has 0 radical (unpaired) electrons. The van der Waals surface area contributed by atoms with Gasteiger partial charge in [0.15, 0.2) is 0 Å². The van der Waals surface area contributed by atoms with Crippen molar-refractivity contribution in [2.75, 3.05) is 4.90 Å². The predicted molar refractivity (Wildman–Crippen MR) is 78.1 cm³/mol. The van der Waals surface area contributed by atoms with Crippen molar-refractivity contribution in [3.63, 3.8) is 0 Å². The maximum absolute atomic E-state index is 3.78. The second kappa shape index (κ2) is 3.97. The summed E-state index contributed by atoms with van der Waals surface area (Å²) in [7, 11) is 0. The monoisotopic (exact) mass is 306 g/mol. The average Bonchev–Trinajstić information content (AvgIpc) is 2.30. The van der Waals surface area contributed by atoms with Crippen molar-refractivity contribution >= 4 is 21.6 Å². The van der Waals surface area contributed by atoms with E-state index in [9.17, 15) is 0 Å². The maximum Gasteiger partial charge on any atom is 0.0401 e. The number of piperidine rings is 4. The second-order valence-corrected chi connectivity index (χ2v) is 7.06. The van der Waals surface area contributed by atoms with Gasteiger partial charge in [-0.25, -0.2) is 0 Å². The molecule has 1 aromatic carbocycles. The van der Waals surface area contributed by atoms with Crippen molar-refractivity contribution in [1.29, 1.82) is 0 Å². The third-order valence-corrected chi connectivity index (χ3v) is 5.41. The van der Waals surface area contributed by atoms with Gasteiger partial charge in [0.2, 0.25) is 0 Å². The van der Waals surface area contributed by atoms with Gasteiger partial charge in [0.05, 0.1) is 0 Å². The Morgan fingerprint density at radius 1 is 1.11 bits per heavy atom. The molecule has 5 rings (SSSR count). The molecule has 0 atom stereocenters. The lowest BCUT2D eigenvalue weighted by Gasteiger charge is -2.58. The molecule has 1 aromatic rings. The van der Waals surface area contributed by atoms with E-state index in [1.165, 1.54) is 41.4 Å². The normalized spacial score (nSPS) is 37.3. The van der Waals surface area contributed by atoms with E-state index in [1.54, 1.807) is 0 Å². The van der Waals surface area contributed by atoms with E-state index in [1.807, 2.05) is 0 Å². The molecule has 18 heavy (non-hydrogen) atoms. The maximum atomic E-state index is 3.78. The van der Waals surface area contributed by atoms with Crippen LogP contribution in [0, 0.1) is 6.92 Å². The summed E-state index contributed by atoms with van der Waals surface area (Å²) in [5.41, 5.74) is 2.87. The Morgan fingerprint density at radius 2 is 1.72 bits per heavy atom. The molecule has 4 saturated heterocycles. The van der Waals surface area contributed by atoms with Gasteiger partial charge in [-0.3, -0.25) is 0 Å². The van der Waals surface area contributed by atoms with Gasteiger partial charge in [0.25, 0.3) is 0 Å². The molecule has 4 fully saturated rings. The number of hydrogen-bond donors (Lipinski definition) is 1. The first-order valence-electron chi connectivity index (χ1n) is 7.01. The topological polar surface area (TPSA) is 15.3 Å². The number of aryl methyl sites for hydroxylation is 1. The van der Waals surface area contributed by atoms with Gasteiger partial charge in [-0.05, 0) is 56.4 Å². The van der Waals surface area contributed by atoms with Crippen molar-refractivity contribution in [3.05, 3.63) is 28.2 Å². The molecule has 96 valence electrons. The van der Waals surface area contributed by atoms with Gasteiger partial charge in [0, 0.05) is 34.3 Å². The van der Waals surface area contributed by atoms with E-state index in [2.05, 4.69) is 51.3 Å². The van der Waals surface area contributed by atoms with Crippen molar-refractivity contribution in [3.8, 4) is 0 Å². The number of nitrogens with zero attached hydrogens (tertiary/aromatic N) is 1. The minimum absolute atomic E-state index is 0.772. The summed E-state index contributed by atoms with van der Waals surface area (Å²) in [5.74, 6) is 0. The Hall–Kier alpha value is -0.540. The zero-order chi connectivity index (χ0) is 12.3. The molecule has 0 saturated carbocycles. The van der Waals surface area contributed by atoms with Crippen LogP contribution in [0.15, 0.2) is 22.7 Å². The predicted octanol–water partition coefficient (Wildman–Crippen LogP) is 3.23. The lowest BCUT2D eigenvalue weighted by atomic mass is 9.74. The fraction of sp³-hybridized carbons (Fsp3) is 0.600. The zero-order valence-electron chi connectivity index (χ0n) is 10.7. The van der Waals surface area contributed by atoms with E-state index >= 15 is 0 Å². The van der Waals surface area contributed by atoms with E-state index in [0.717, 1.165) is 24.2 Å². The molecule has 0 aliphatic carbocycles. The largest absolute Gasteiger partial charge is 0.365 e. The zero-order valence-corrected chi connectivity index (χ0v) is 12.3. The smallest absolute Gasteiger partial charge is 0.0401 e. The highest BCUT2D eigenvalue weighted by atomic mass is 79.9. The van der Waals surface area contributed by atoms with Crippen molar-refractivity contribution in [2.45, 2.75) is 56.8 Å². The molecular formula is C15H19BrN2. The molecule has 4 heterocycles. The summed E-state index contributed by atoms with van der Waals surface area (Å²) >= 11 is 3.57. The third kappa shape index (κ3) is 1.64. The highest BCUT2D eigenvalue weighted by molar-refractivity contribution is 9.10.